The van der Waals surface area contributed by atoms with E-state index in [1.165, 1.54) is 11.3 Å². The molecule has 0 aliphatic carbocycles. The first-order chi connectivity index (χ1) is 13.5. The van der Waals surface area contributed by atoms with E-state index in [2.05, 4.69) is 9.71 Å². The minimum Gasteiger partial charge on any atom is -0.241 e. The normalized spacial score (nSPS) is 12.3. The molecule has 0 spiro atoms. The SMILES string of the molecule is Cc1ccccc1-c1nc(C)c(CNS(=O)(=O)c2ccc(F)c(C(F)(F)F)c2)s1. The molecule has 10 heteroatoms. The Morgan fingerprint density at radius 2 is 1.79 bits per heavy atom. The fraction of sp³-hybridized carbons (Fsp3) is 0.211. The van der Waals surface area contributed by atoms with Crippen LogP contribution in [-0.4, -0.2) is 13.4 Å². The molecule has 3 rings (SSSR count). The van der Waals surface area contributed by atoms with Crippen LogP contribution in [0.4, 0.5) is 17.6 Å². The number of nitrogens with one attached hydrogen (secondary N) is 1. The van der Waals surface area contributed by atoms with Crippen LogP contribution >= 0.6 is 11.3 Å². The molecule has 0 amide bonds. The zero-order chi connectivity index (χ0) is 21.4. The van der Waals surface area contributed by atoms with Crippen LogP contribution in [0.2, 0.25) is 0 Å². The van der Waals surface area contributed by atoms with Crippen molar-refractivity contribution in [3.8, 4) is 10.6 Å². The number of halogens is 4. The zero-order valence-electron chi connectivity index (χ0n) is 15.3. The van der Waals surface area contributed by atoms with Crippen LogP contribution in [0.5, 0.6) is 0 Å². The quantitative estimate of drug-likeness (QED) is 0.560. The summed E-state index contributed by atoms with van der Waals surface area (Å²) < 4.78 is 79.1. The van der Waals surface area contributed by atoms with Gasteiger partial charge in [-0.15, -0.1) is 11.3 Å². The van der Waals surface area contributed by atoms with Gasteiger partial charge in [0.1, 0.15) is 10.8 Å². The van der Waals surface area contributed by atoms with Crippen LogP contribution < -0.4 is 4.72 Å². The van der Waals surface area contributed by atoms with E-state index in [-0.39, 0.29) is 12.6 Å². The summed E-state index contributed by atoms with van der Waals surface area (Å²) >= 11 is 1.29. The van der Waals surface area contributed by atoms with Gasteiger partial charge in [0.25, 0.3) is 0 Å². The largest absolute Gasteiger partial charge is 0.419 e. The summed E-state index contributed by atoms with van der Waals surface area (Å²) in [5.74, 6) is -1.53. The summed E-state index contributed by atoms with van der Waals surface area (Å²) in [5, 5.41) is 0.718. The molecule has 0 saturated heterocycles. The lowest BCUT2D eigenvalue weighted by Gasteiger charge is -2.11. The van der Waals surface area contributed by atoms with Crippen molar-refractivity contribution in [3.63, 3.8) is 0 Å². The second-order valence-corrected chi connectivity index (χ2v) is 9.16. The fourth-order valence-electron chi connectivity index (χ4n) is 2.65. The molecule has 3 aromatic rings. The lowest BCUT2D eigenvalue weighted by Crippen LogP contribution is -2.24. The molecule has 1 aromatic heterocycles. The first-order valence-corrected chi connectivity index (χ1v) is 10.7. The summed E-state index contributed by atoms with van der Waals surface area (Å²) in [6.07, 6.45) is -4.99. The maximum atomic E-state index is 13.4. The molecule has 0 bridgehead atoms. The molecule has 1 N–H and O–H groups in total. The van der Waals surface area contributed by atoms with Gasteiger partial charge in [0.05, 0.1) is 16.2 Å². The Balaban J connectivity index is 1.84. The molecule has 0 unspecified atom stereocenters. The molecular weight excluding hydrogens is 428 g/mol. The van der Waals surface area contributed by atoms with Crippen LogP contribution in [0.25, 0.3) is 10.6 Å². The van der Waals surface area contributed by atoms with Crippen molar-refractivity contribution in [2.45, 2.75) is 31.5 Å². The van der Waals surface area contributed by atoms with Crippen molar-refractivity contribution in [3.05, 3.63) is 70.0 Å². The van der Waals surface area contributed by atoms with Crippen LogP contribution in [-0.2, 0) is 22.7 Å². The number of sulfonamides is 1. The monoisotopic (exact) mass is 444 g/mol. The van der Waals surface area contributed by atoms with E-state index in [0.717, 1.165) is 22.2 Å². The molecule has 0 aliphatic heterocycles. The second-order valence-electron chi connectivity index (χ2n) is 6.31. The number of hydrogen-bond acceptors (Lipinski definition) is 4. The van der Waals surface area contributed by atoms with E-state index in [1.54, 1.807) is 6.92 Å². The van der Waals surface area contributed by atoms with Gasteiger partial charge in [-0.2, -0.15) is 13.2 Å². The predicted octanol–water partition coefficient (Wildman–Crippen LogP) is 5.06. The molecule has 4 nitrogen and oxygen atoms in total. The molecule has 0 saturated carbocycles. The average Bonchev–Trinajstić information content (AvgIpc) is 3.00. The van der Waals surface area contributed by atoms with Gasteiger partial charge in [0.15, 0.2) is 0 Å². The number of aromatic nitrogens is 1. The van der Waals surface area contributed by atoms with Gasteiger partial charge >= 0.3 is 6.18 Å². The third-order valence-electron chi connectivity index (χ3n) is 4.24. The van der Waals surface area contributed by atoms with Gasteiger partial charge in [-0.1, -0.05) is 24.3 Å². The molecule has 0 aliphatic rings. The number of thiazole rings is 1. The maximum absolute atomic E-state index is 13.4. The van der Waals surface area contributed by atoms with Crippen molar-refractivity contribution < 1.29 is 26.0 Å². The van der Waals surface area contributed by atoms with Crippen molar-refractivity contribution in [1.82, 2.24) is 9.71 Å². The summed E-state index contributed by atoms with van der Waals surface area (Å²) in [6.45, 7) is 3.51. The summed E-state index contributed by atoms with van der Waals surface area (Å²) in [4.78, 5) is 4.43. The highest BCUT2D eigenvalue weighted by Crippen LogP contribution is 2.33. The van der Waals surface area contributed by atoms with Crippen LogP contribution in [0.1, 0.15) is 21.7 Å². The lowest BCUT2D eigenvalue weighted by molar-refractivity contribution is -0.140. The van der Waals surface area contributed by atoms with E-state index in [4.69, 9.17) is 0 Å². The zero-order valence-corrected chi connectivity index (χ0v) is 17.0. The highest BCUT2D eigenvalue weighted by Gasteiger charge is 2.35. The Labute approximate surface area is 169 Å². The molecule has 29 heavy (non-hydrogen) atoms. The van der Waals surface area contributed by atoms with Crippen molar-refractivity contribution in [2.24, 2.45) is 0 Å². The molecule has 0 fully saturated rings. The first kappa shape index (κ1) is 21.4. The Morgan fingerprint density at radius 3 is 2.45 bits per heavy atom. The van der Waals surface area contributed by atoms with E-state index in [9.17, 15) is 26.0 Å². The highest BCUT2D eigenvalue weighted by molar-refractivity contribution is 7.89. The van der Waals surface area contributed by atoms with Gasteiger partial charge in [0.2, 0.25) is 10.0 Å². The van der Waals surface area contributed by atoms with Gasteiger partial charge in [0, 0.05) is 17.0 Å². The molecular formula is C19H16F4N2O2S2. The molecule has 154 valence electrons. The fourth-order valence-corrected chi connectivity index (χ4v) is 4.86. The third-order valence-corrected chi connectivity index (χ3v) is 6.83. The van der Waals surface area contributed by atoms with E-state index in [1.807, 2.05) is 31.2 Å². The van der Waals surface area contributed by atoms with Crippen molar-refractivity contribution in [2.75, 3.05) is 0 Å². The predicted molar refractivity (Wildman–Crippen MR) is 102 cm³/mol. The molecule has 0 radical (unpaired) electrons. The van der Waals surface area contributed by atoms with Gasteiger partial charge < -0.3 is 0 Å². The van der Waals surface area contributed by atoms with Crippen LogP contribution in [0.3, 0.4) is 0 Å². The van der Waals surface area contributed by atoms with Crippen molar-refractivity contribution in [1.29, 1.82) is 0 Å². The molecule has 2 aromatic carbocycles. The number of rotatable bonds is 5. The maximum Gasteiger partial charge on any atom is 0.419 e. The Kier molecular flexibility index (Phi) is 5.79. The summed E-state index contributed by atoms with van der Waals surface area (Å²) in [7, 11) is -4.28. The highest BCUT2D eigenvalue weighted by atomic mass is 32.2. The Bertz CT molecular complexity index is 1160. The standard InChI is InChI=1S/C19H16F4N2O2S2/c1-11-5-3-4-6-14(11)18-25-12(2)17(28-18)10-24-29(26,27)13-7-8-16(20)15(9-13)19(21,22)23/h3-9,24H,10H2,1-2H3. The molecule has 1 heterocycles. The third kappa shape index (κ3) is 4.65. The van der Waals surface area contributed by atoms with E-state index < -0.39 is 32.5 Å². The minimum atomic E-state index is -4.99. The van der Waals surface area contributed by atoms with Gasteiger partial charge in [-0.25, -0.2) is 22.5 Å². The number of hydrogen-bond donors (Lipinski definition) is 1. The second kappa shape index (κ2) is 7.85. The number of benzene rings is 2. The Morgan fingerprint density at radius 1 is 1.10 bits per heavy atom. The summed E-state index contributed by atoms with van der Waals surface area (Å²) in [6, 6.07) is 9.17. The minimum absolute atomic E-state index is 0.142. The number of alkyl halides is 3. The Hall–Kier alpha value is -2.30. The van der Waals surface area contributed by atoms with E-state index >= 15 is 0 Å². The topological polar surface area (TPSA) is 59.1 Å². The van der Waals surface area contributed by atoms with Crippen molar-refractivity contribution >= 4 is 21.4 Å². The van der Waals surface area contributed by atoms with Crippen LogP contribution in [0, 0.1) is 19.7 Å². The smallest absolute Gasteiger partial charge is 0.241 e. The summed E-state index contributed by atoms with van der Waals surface area (Å²) in [5.41, 5.74) is 0.921. The van der Waals surface area contributed by atoms with Gasteiger partial charge in [-0.05, 0) is 37.6 Å². The van der Waals surface area contributed by atoms with E-state index in [0.29, 0.717) is 16.6 Å². The van der Waals surface area contributed by atoms with Crippen LogP contribution in [0.15, 0.2) is 47.4 Å². The first-order valence-electron chi connectivity index (χ1n) is 8.38. The lowest BCUT2D eigenvalue weighted by atomic mass is 10.1. The average molecular weight is 444 g/mol. The molecule has 0 atom stereocenters. The number of nitrogens with zero attached hydrogens (tertiary/aromatic N) is 1. The number of aryl methyl sites for hydroxylation is 2. The van der Waals surface area contributed by atoms with Gasteiger partial charge in [-0.3, -0.25) is 0 Å².